The summed E-state index contributed by atoms with van der Waals surface area (Å²) in [7, 11) is -9.50. The van der Waals surface area contributed by atoms with Crippen molar-refractivity contribution in [1.29, 1.82) is 0 Å². The minimum atomic E-state index is -4.81. The number of nitrogens with zero attached hydrogens (tertiary/aromatic N) is 1. The van der Waals surface area contributed by atoms with Crippen LogP contribution in [0.15, 0.2) is 38.9 Å². The number of aromatic nitrogens is 2. The number of rotatable bonds is 4. The van der Waals surface area contributed by atoms with Crippen LogP contribution in [0.1, 0.15) is 17.4 Å². The van der Waals surface area contributed by atoms with Crippen molar-refractivity contribution >= 4 is 26.0 Å². The van der Waals surface area contributed by atoms with Crippen molar-refractivity contribution in [2.75, 3.05) is 0 Å². The third kappa shape index (κ3) is 3.39. The lowest BCUT2D eigenvalue weighted by Gasteiger charge is -2.09. The summed E-state index contributed by atoms with van der Waals surface area (Å²) in [6.45, 7) is 1.15. The maximum Gasteiger partial charge on any atom is 0.296 e. The van der Waals surface area contributed by atoms with Gasteiger partial charge in [0.15, 0.2) is 5.78 Å². The third-order valence-electron chi connectivity index (χ3n) is 2.85. The number of hydrogen-bond donors (Lipinski definition) is 3. The van der Waals surface area contributed by atoms with Gasteiger partial charge in [0, 0.05) is 13.0 Å². The predicted molar refractivity (Wildman–Crippen MR) is 76.0 cm³/mol. The summed E-state index contributed by atoms with van der Waals surface area (Å²) in [5, 5.41) is 2.29. The van der Waals surface area contributed by atoms with E-state index in [0.717, 1.165) is 19.1 Å². The second-order valence-electron chi connectivity index (χ2n) is 4.48. The molecule has 0 aliphatic rings. The molecule has 0 spiro atoms. The van der Waals surface area contributed by atoms with Gasteiger partial charge < -0.3 is 0 Å². The van der Waals surface area contributed by atoms with Crippen molar-refractivity contribution in [2.45, 2.75) is 16.7 Å². The third-order valence-corrected chi connectivity index (χ3v) is 4.60. The molecule has 0 radical (unpaired) electrons. The number of hydrogen-bond acceptors (Lipinski definition) is 6. The van der Waals surface area contributed by atoms with Crippen molar-refractivity contribution < 1.29 is 30.7 Å². The van der Waals surface area contributed by atoms with Crippen LogP contribution in [-0.2, 0) is 20.2 Å². The molecule has 0 saturated carbocycles. The van der Waals surface area contributed by atoms with Gasteiger partial charge in [-0.2, -0.15) is 16.8 Å². The highest BCUT2D eigenvalue weighted by atomic mass is 32.2. The molecule has 1 heterocycles. The van der Waals surface area contributed by atoms with Crippen LogP contribution in [0, 0.1) is 0 Å². The lowest BCUT2D eigenvalue weighted by molar-refractivity contribution is 0.101. The molecule has 0 saturated heterocycles. The van der Waals surface area contributed by atoms with Crippen molar-refractivity contribution in [1.82, 2.24) is 9.78 Å². The first kappa shape index (κ1) is 17.1. The number of Topliss-reactive ketones (excluding diaryl/α,β-unsaturated/α-hetero) is 1. The normalized spacial score (nSPS) is 12.3. The fourth-order valence-corrected chi connectivity index (χ4v) is 2.96. The van der Waals surface area contributed by atoms with Gasteiger partial charge in [0.05, 0.1) is 10.6 Å². The number of carbonyl (C=O) groups is 1. The van der Waals surface area contributed by atoms with E-state index in [9.17, 15) is 31.0 Å². The summed E-state index contributed by atoms with van der Waals surface area (Å²) in [6, 6.07) is 2.98. The fraction of sp³-hybridized carbons (Fsp3) is 0.0909. The molecule has 0 unspecified atom stereocenters. The average molecular weight is 362 g/mol. The molecule has 23 heavy (non-hydrogen) atoms. The number of carbonyl (C=O) groups excluding carboxylic acids is 1. The highest BCUT2D eigenvalue weighted by Crippen LogP contribution is 2.22. The summed E-state index contributed by atoms with van der Waals surface area (Å²) in [4.78, 5) is 21.6. The number of nitrogens with one attached hydrogen (secondary N) is 1. The second kappa shape index (κ2) is 5.42. The number of ketones is 1. The molecule has 124 valence electrons. The van der Waals surface area contributed by atoms with E-state index in [4.69, 9.17) is 4.55 Å². The Morgan fingerprint density at radius 1 is 1.09 bits per heavy atom. The van der Waals surface area contributed by atoms with E-state index in [2.05, 4.69) is 5.10 Å². The first-order valence-electron chi connectivity index (χ1n) is 5.83. The van der Waals surface area contributed by atoms with E-state index in [1.54, 1.807) is 0 Å². The van der Waals surface area contributed by atoms with Crippen LogP contribution in [0.4, 0.5) is 0 Å². The molecule has 0 aliphatic heterocycles. The minimum absolute atomic E-state index is 0.159. The van der Waals surface area contributed by atoms with Gasteiger partial charge in [-0.25, -0.2) is 4.68 Å². The zero-order valence-corrected chi connectivity index (χ0v) is 13.1. The molecule has 0 aliphatic carbocycles. The summed E-state index contributed by atoms with van der Waals surface area (Å²) < 4.78 is 63.9. The highest BCUT2D eigenvalue weighted by Gasteiger charge is 2.22. The van der Waals surface area contributed by atoms with Crippen LogP contribution in [0.3, 0.4) is 0 Å². The van der Waals surface area contributed by atoms with Crippen LogP contribution in [0.25, 0.3) is 5.69 Å². The van der Waals surface area contributed by atoms with Crippen LogP contribution in [0.2, 0.25) is 0 Å². The second-order valence-corrected chi connectivity index (χ2v) is 7.29. The van der Waals surface area contributed by atoms with Gasteiger partial charge in [-0.15, -0.1) is 0 Å². The lowest BCUT2D eigenvalue weighted by Crippen LogP contribution is -2.18. The van der Waals surface area contributed by atoms with Crippen LogP contribution in [-0.4, -0.2) is 41.5 Å². The quantitative estimate of drug-likeness (QED) is 0.499. The maximum absolute atomic E-state index is 11.9. The number of H-pyrrole nitrogens is 1. The van der Waals surface area contributed by atoms with E-state index in [1.165, 1.54) is 0 Å². The molecule has 10 nitrogen and oxygen atoms in total. The van der Waals surface area contributed by atoms with Gasteiger partial charge in [0.1, 0.15) is 10.6 Å². The number of aromatic amines is 1. The van der Waals surface area contributed by atoms with E-state index < -0.39 is 47.1 Å². The molecule has 2 aromatic rings. The van der Waals surface area contributed by atoms with Gasteiger partial charge in [-0.3, -0.25) is 23.8 Å². The van der Waals surface area contributed by atoms with Gasteiger partial charge in [0.25, 0.3) is 25.8 Å². The fourth-order valence-electron chi connectivity index (χ4n) is 1.81. The SMILES string of the molecule is CC(=O)c1cc(=O)n(-c2cc(S(=O)(=O)O)ccc2S(=O)(=O)O)[nH]1. The summed E-state index contributed by atoms with van der Waals surface area (Å²) >= 11 is 0. The predicted octanol–water partition coefficient (Wildman–Crippen LogP) is -0.138. The monoisotopic (exact) mass is 362 g/mol. The highest BCUT2D eigenvalue weighted by molar-refractivity contribution is 7.86. The first-order chi connectivity index (χ1) is 10.4. The molecule has 2 rings (SSSR count). The molecular formula is C11H10N2O8S2. The van der Waals surface area contributed by atoms with Gasteiger partial charge in [0.2, 0.25) is 0 Å². The van der Waals surface area contributed by atoms with E-state index in [1.807, 2.05) is 0 Å². The molecule has 1 aromatic heterocycles. The Bertz CT molecular complexity index is 1060. The first-order valence-corrected chi connectivity index (χ1v) is 8.71. The Kier molecular flexibility index (Phi) is 4.02. The van der Waals surface area contributed by atoms with Crippen molar-refractivity contribution in [2.24, 2.45) is 0 Å². The van der Waals surface area contributed by atoms with Gasteiger partial charge in [-0.1, -0.05) is 0 Å². The molecule has 12 heteroatoms. The van der Waals surface area contributed by atoms with E-state index >= 15 is 0 Å². The Balaban J connectivity index is 2.88. The van der Waals surface area contributed by atoms with Gasteiger partial charge >= 0.3 is 0 Å². The molecule has 0 fully saturated rings. The smallest absolute Gasteiger partial charge is 0.293 e. The minimum Gasteiger partial charge on any atom is -0.293 e. The largest absolute Gasteiger partial charge is 0.296 e. The number of benzene rings is 1. The zero-order valence-electron chi connectivity index (χ0n) is 11.4. The van der Waals surface area contributed by atoms with Crippen LogP contribution in [0.5, 0.6) is 0 Å². The molecule has 1 aromatic carbocycles. The van der Waals surface area contributed by atoms with Crippen LogP contribution < -0.4 is 5.56 Å². The Morgan fingerprint density at radius 3 is 2.13 bits per heavy atom. The topological polar surface area (TPSA) is 164 Å². The van der Waals surface area contributed by atoms with Crippen molar-refractivity contribution in [3.8, 4) is 5.69 Å². The molecule has 0 bridgehead atoms. The molecule has 0 amide bonds. The lowest BCUT2D eigenvalue weighted by atomic mass is 10.3. The van der Waals surface area contributed by atoms with E-state index in [-0.39, 0.29) is 5.69 Å². The van der Waals surface area contributed by atoms with Gasteiger partial charge in [-0.05, 0) is 18.2 Å². The Morgan fingerprint density at radius 2 is 1.70 bits per heavy atom. The zero-order chi connectivity index (χ0) is 17.6. The summed E-state index contributed by atoms with van der Waals surface area (Å²) in [5.41, 5.74) is -1.60. The Hall–Kier alpha value is -2.28. The Labute approximate surface area is 129 Å². The van der Waals surface area contributed by atoms with E-state index in [0.29, 0.717) is 16.8 Å². The molecule has 3 N–H and O–H groups in total. The average Bonchev–Trinajstić information content (AvgIpc) is 2.78. The van der Waals surface area contributed by atoms with Crippen LogP contribution >= 0.6 is 0 Å². The van der Waals surface area contributed by atoms with Crippen molar-refractivity contribution in [3.63, 3.8) is 0 Å². The maximum atomic E-state index is 11.9. The summed E-state index contributed by atoms with van der Waals surface area (Å²) in [6.07, 6.45) is 0. The molecule has 0 atom stereocenters. The molecular weight excluding hydrogens is 352 g/mol. The van der Waals surface area contributed by atoms with Crippen molar-refractivity contribution in [3.05, 3.63) is 40.3 Å². The summed E-state index contributed by atoms with van der Waals surface area (Å²) in [5.74, 6) is -0.528. The standard InChI is InChI=1S/C11H10N2O8S2/c1-6(14)8-5-11(15)13(12-8)9-4-7(22(16,17)18)2-3-10(9)23(19,20)21/h2-5,12H,1H3,(H,16,17,18)(H,19,20,21).